The zero-order chi connectivity index (χ0) is 17.6. The summed E-state index contributed by atoms with van der Waals surface area (Å²) in [6.45, 7) is 0.472. The molecule has 0 saturated heterocycles. The smallest absolute Gasteiger partial charge is 0.189 e. The molecule has 126 valence electrons. The number of rotatable bonds is 2. The summed E-state index contributed by atoms with van der Waals surface area (Å²) in [4.78, 5) is 12.8. The molecule has 0 aromatic heterocycles. The van der Waals surface area contributed by atoms with E-state index in [0.717, 1.165) is 27.5 Å². The standard InChI is InChI=1S/C20H16O4S/c1-25(22,23)16-8-6-13(7-9-16)19-17-5-3-2-4-14(17)10-15-11-24-12-18(21)20(15)19/h2-10H,11-12H2,1H3. The highest BCUT2D eigenvalue weighted by Crippen LogP contribution is 2.37. The minimum Gasteiger partial charge on any atom is -0.369 e. The molecule has 25 heavy (non-hydrogen) atoms. The summed E-state index contributed by atoms with van der Waals surface area (Å²) in [5.74, 6) is -0.0470. The van der Waals surface area contributed by atoms with Crippen molar-refractivity contribution in [3.05, 3.63) is 65.7 Å². The van der Waals surface area contributed by atoms with E-state index in [4.69, 9.17) is 4.74 Å². The third kappa shape index (κ3) is 2.75. The van der Waals surface area contributed by atoms with Gasteiger partial charge in [0.25, 0.3) is 0 Å². The predicted molar refractivity (Wildman–Crippen MR) is 96.5 cm³/mol. The Hall–Kier alpha value is -2.50. The molecule has 0 saturated carbocycles. The maximum Gasteiger partial charge on any atom is 0.189 e. The molecule has 0 N–H and O–H groups in total. The molecule has 0 radical (unpaired) electrons. The molecule has 1 aliphatic rings. The van der Waals surface area contributed by atoms with E-state index >= 15 is 0 Å². The van der Waals surface area contributed by atoms with E-state index in [1.807, 2.05) is 30.3 Å². The Labute approximate surface area is 146 Å². The third-order valence-corrected chi connectivity index (χ3v) is 5.60. The zero-order valence-corrected chi connectivity index (χ0v) is 14.5. The van der Waals surface area contributed by atoms with E-state index in [9.17, 15) is 13.2 Å². The van der Waals surface area contributed by atoms with E-state index in [1.54, 1.807) is 24.3 Å². The molecule has 5 heteroatoms. The second-order valence-electron chi connectivity index (χ2n) is 6.22. The lowest BCUT2D eigenvalue weighted by atomic mass is 9.87. The van der Waals surface area contributed by atoms with E-state index in [2.05, 4.69) is 0 Å². The number of hydrogen-bond acceptors (Lipinski definition) is 4. The number of sulfone groups is 1. The number of fused-ring (bicyclic) bond motifs is 2. The van der Waals surface area contributed by atoms with Gasteiger partial charge in [-0.25, -0.2) is 8.42 Å². The highest BCUT2D eigenvalue weighted by molar-refractivity contribution is 7.90. The quantitative estimate of drug-likeness (QED) is 0.707. The molecule has 3 aromatic carbocycles. The molecule has 0 aliphatic carbocycles. The van der Waals surface area contributed by atoms with Crippen LogP contribution in [0.3, 0.4) is 0 Å². The van der Waals surface area contributed by atoms with E-state index in [0.29, 0.717) is 12.2 Å². The number of carbonyl (C=O) groups is 1. The van der Waals surface area contributed by atoms with Gasteiger partial charge in [0.05, 0.1) is 11.5 Å². The van der Waals surface area contributed by atoms with Crippen LogP contribution in [0.1, 0.15) is 15.9 Å². The Morgan fingerprint density at radius 3 is 2.36 bits per heavy atom. The zero-order valence-electron chi connectivity index (χ0n) is 13.7. The van der Waals surface area contributed by atoms with Crippen molar-refractivity contribution in [3.8, 4) is 11.1 Å². The second kappa shape index (κ2) is 5.79. The Kier molecular flexibility index (Phi) is 3.71. The lowest BCUT2D eigenvalue weighted by Gasteiger charge is -2.21. The molecule has 0 spiro atoms. The van der Waals surface area contributed by atoms with E-state index in [-0.39, 0.29) is 17.3 Å². The van der Waals surface area contributed by atoms with Crippen molar-refractivity contribution in [2.45, 2.75) is 11.5 Å². The van der Waals surface area contributed by atoms with E-state index < -0.39 is 9.84 Å². The monoisotopic (exact) mass is 352 g/mol. The van der Waals surface area contributed by atoms with Gasteiger partial charge in [0.1, 0.15) is 6.61 Å². The predicted octanol–water partition coefficient (Wildman–Crippen LogP) is 3.62. The fourth-order valence-electron chi connectivity index (χ4n) is 3.33. The van der Waals surface area contributed by atoms with Gasteiger partial charge in [-0.2, -0.15) is 0 Å². The Bertz CT molecular complexity index is 1100. The van der Waals surface area contributed by atoms with Crippen LogP contribution in [0.15, 0.2) is 59.5 Å². The summed E-state index contributed by atoms with van der Waals surface area (Å²) in [5, 5.41) is 2.00. The van der Waals surface area contributed by atoms with Crippen molar-refractivity contribution in [1.29, 1.82) is 0 Å². The van der Waals surface area contributed by atoms with Crippen molar-refractivity contribution in [2.75, 3.05) is 12.9 Å². The van der Waals surface area contributed by atoms with Gasteiger partial charge >= 0.3 is 0 Å². The van der Waals surface area contributed by atoms with Crippen LogP contribution in [0.4, 0.5) is 0 Å². The topological polar surface area (TPSA) is 60.4 Å². The summed E-state index contributed by atoms with van der Waals surface area (Å²) in [6, 6.07) is 16.6. The van der Waals surface area contributed by atoms with Crippen molar-refractivity contribution in [1.82, 2.24) is 0 Å². The van der Waals surface area contributed by atoms with Crippen molar-refractivity contribution in [2.24, 2.45) is 0 Å². The minimum atomic E-state index is -3.26. The summed E-state index contributed by atoms with van der Waals surface area (Å²) in [7, 11) is -3.26. The molecule has 0 fully saturated rings. The lowest BCUT2D eigenvalue weighted by molar-refractivity contribution is 0.0667. The van der Waals surface area contributed by atoms with E-state index in [1.165, 1.54) is 6.26 Å². The number of benzene rings is 3. The maximum absolute atomic E-state index is 12.5. The van der Waals surface area contributed by atoms with Crippen LogP contribution in [0.5, 0.6) is 0 Å². The van der Waals surface area contributed by atoms with Crippen LogP contribution in [0.2, 0.25) is 0 Å². The van der Waals surface area contributed by atoms with Gasteiger partial charge in [-0.1, -0.05) is 36.4 Å². The fraction of sp³-hybridized carbons (Fsp3) is 0.150. The fourth-order valence-corrected chi connectivity index (χ4v) is 3.96. The Balaban J connectivity index is 2.03. The molecule has 4 nitrogen and oxygen atoms in total. The summed E-state index contributed by atoms with van der Waals surface area (Å²) >= 11 is 0. The highest BCUT2D eigenvalue weighted by Gasteiger charge is 2.24. The number of ketones is 1. The van der Waals surface area contributed by atoms with Gasteiger partial charge in [0.15, 0.2) is 15.6 Å². The average Bonchev–Trinajstić information content (AvgIpc) is 2.59. The summed E-state index contributed by atoms with van der Waals surface area (Å²) in [5.41, 5.74) is 3.23. The van der Waals surface area contributed by atoms with Crippen molar-refractivity contribution < 1.29 is 17.9 Å². The molecule has 0 atom stereocenters. The van der Waals surface area contributed by atoms with Crippen LogP contribution in [-0.2, 0) is 21.2 Å². The van der Waals surface area contributed by atoms with Crippen LogP contribution in [-0.4, -0.2) is 27.1 Å². The molecule has 1 aliphatic heterocycles. The van der Waals surface area contributed by atoms with Gasteiger partial charge < -0.3 is 4.74 Å². The maximum atomic E-state index is 12.5. The highest BCUT2D eigenvalue weighted by atomic mass is 32.2. The Morgan fingerprint density at radius 2 is 1.64 bits per heavy atom. The molecule has 4 rings (SSSR count). The molecule has 3 aromatic rings. The molecule has 0 unspecified atom stereocenters. The van der Waals surface area contributed by atoms with Crippen molar-refractivity contribution in [3.63, 3.8) is 0 Å². The van der Waals surface area contributed by atoms with Crippen LogP contribution >= 0.6 is 0 Å². The number of hydrogen-bond donors (Lipinski definition) is 0. The average molecular weight is 352 g/mol. The third-order valence-electron chi connectivity index (χ3n) is 4.47. The van der Waals surface area contributed by atoms with Gasteiger partial charge in [-0.3, -0.25) is 4.79 Å². The first-order valence-electron chi connectivity index (χ1n) is 7.91. The lowest BCUT2D eigenvalue weighted by Crippen LogP contribution is -2.19. The number of ether oxygens (including phenoxy) is 1. The molecular weight excluding hydrogens is 336 g/mol. The van der Waals surface area contributed by atoms with Crippen LogP contribution < -0.4 is 0 Å². The second-order valence-corrected chi connectivity index (χ2v) is 8.24. The Morgan fingerprint density at radius 1 is 0.920 bits per heavy atom. The van der Waals surface area contributed by atoms with Crippen molar-refractivity contribution >= 4 is 26.4 Å². The summed E-state index contributed by atoms with van der Waals surface area (Å²) in [6.07, 6.45) is 1.18. The first-order valence-corrected chi connectivity index (χ1v) is 9.80. The van der Waals surface area contributed by atoms with Gasteiger partial charge in [-0.15, -0.1) is 0 Å². The van der Waals surface area contributed by atoms with Gasteiger partial charge in [0.2, 0.25) is 0 Å². The first-order chi connectivity index (χ1) is 11.9. The molecule has 1 heterocycles. The minimum absolute atomic E-state index is 0.0470. The van der Waals surface area contributed by atoms with Crippen LogP contribution in [0.25, 0.3) is 21.9 Å². The number of carbonyl (C=O) groups excluding carboxylic acids is 1. The molecule has 0 bridgehead atoms. The largest absolute Gasteiger partial charge is 0.369 e. The normalized spacial score (nSPS) is 14.5. The van der Waals surface area contributed by atoms with Gasteiger partial charge in [0, 0.05) is 17.4 Å². The van der Waals surface area contributed by atoms with Gasteiger partial charge in [-0.05, 0) is 40.1 Å². The summed E-state index contributed by atoms with van der Waals surface area (Å²) < 4.78 is 28.8. The molecule has 0 amide bonds. The molecular formula is C20H16O4S. The van der Waals surface area contributed by atoms with Crippen LogP contribution in [0, 0.1) is 0 Å². The first kappa shape index (κ1) is 16.0. The number of Topliss-reactive ketones (excluding diaryl/α,β-unsaturated/α-hetero) is 1. The SMILES string of the molecule is CS(=O)(=O)c1ccc(-c2c3c(cc4ccccc24)COCC3=O)cc1.